The van der Waals surface area contributed by atoms with Crippen molar-refractivity contribution in [1.29, 1.82) is 0 Å². The smallest absolute Gasteiger partial charge is 0.409 e. The van der Waals surface area contributed by atoms with Crippen molar-refractivity contribution in [1.82, 2.24) is 61.2 Å². The highest BCUT2D eigenvalue weighted by atomic mass is 16.6. The molecule has 0 spiro atoms. The maximum atomic E-state index is 13.8. The van der Waals surface area contributed by atoms with Crippen LogP contribution >= 0.6 is 0 Å². The lowest BCUT2D eigenvalue weighted by molar-refractivity contribution is -0.129. The number of carbonyl (C=O) groups excluding carboxylic acids is 3. The summed E-state index contributed by atoms with van der Waals surface area (Å²) in [4.78, 5) is 72.2. The van der Waals surface area contributed by atoms with E-state index in [1.807, 2.05) is 0 Å². The average molecular weight is 941 g/mol. The zero-order valence-electron chi connectivity index (χ0n) is 39.4. The van der Waals surface area contributed by atoms with E-state index in [9.17, 15) is 19.2 Å². The number of hydrogen-bond donors (Lipinski definition) is 8. The quantitative estimate of drug-likeness (QED) is 0.0843. The van der Waals surface area contributed by atoms with Crippen LogP contribution in [0.25, 0.3) is 11.2 Å². The first-order chi connectivity index (χ1) is 33.3. The number of carbonyl (C=O) groups is 3. The van der Waals surface area contributed by atoms with Crippen LogP contribution in [-0.4, -0.2) is 164 Å². The average Bonchev–Trinajstić information content (AvgIpc) is 3.34. The van der Waals surface area contributed by atoms with Gasteiger partial charge in [-0.15, -0.1) is 0 Å². The van der Waals surface area contributed by atoms with Gasteiger partial charge < -0.3 is 52.0 Å². The Kier molecular flexibility index (Phi) is 22.2. The van der Waals surface area contributed by atoms with E-state index >= 15 is 0 Å². The number of nitrogens with zero attached hydrogens (tertiary/aromatic N) is 6. The maximum Gasteiger partial charge on any atom is 0.409 e. The normalized spacial score (nSPS) is 17.8. The Morgan fingerprint density at radius 2 is 1.35 bits per heavy atom. The van der Waals surface area contributed by atoms with E-state index in [1.165, 1.54) is 43.0 Å². The highest BCUT2D eigenvalue weighted by Gasteiger charge is 2.22. The molecular weight excluding hydrogens is 869 g/mol. The number of aromatic amines is 1. The molecule has 370 valence electrons. The number of anilines is 2. The second kappa shape index (κ2) is 29.2. The van der Waals surface area contributed by atoms with Crippen LogP contribution in [0.1, 0.15) is 72.1 Å². The number of fused-ring (bicyclic) bond motifs is 1. The predicted octanol–water partition coefficient (Wildman–Crippen LogP) is 2.04. The van der Waals surface area contributed by atoms with Gasteiger partial charge in [-0.3, -0.25) is 29.2 Å². The number of nitrogens with one attached hydrogen (secondary N) is 7. The van der Waals surface area contributed by atoms with Gasteiger partial charge in [-0.2, -0.15) is 4.98 Å². The summed E-state index contributed by atoms with van der Waals surface area (Å²) < 4.78 is 10.9. The van der Waals surface area contributed by atoms with E-state index in [-0.39, 0.29) is 36.9 Å². The number of amides is 2. The van der Waals surface area contributed by atoms with Crippen LogP contribution < -0.4 is 43.2 Å². The molecule has 2 aromatic heterocycles. The second-order valence-electron chi connectivity index (χ2n) is 17.4. The Morgan fingerprint density at radius 3 is 2.10 bits per heavy atom. The summed E-state index contributed by atoms with van der Waals surface area (Å²) in [6.07, 6.45) is 8.89. The third kappa shape index (κ3) is 18.4. The maximum absolute atomic E-state index is 13.8. The summed E-state index contributed by atoms with van der Waals surface area (Å²) in [5.41, 5.74) is 9.44. The minimum absolute atomic E-state index is 0.0381. The van der Waals surface area contributed by atoms with Gasteiger partial charge in [0.05, 0.1) is 24.5 Å². The number of ether oxygens (including phenoxy) is 2. The molecule has 2 amide bonds. The Balaban J connectivity index is 1.01. The fourth-order valence-electron chi connectivity index (χ4n) is 8.18. The number of H-pyrrole nitrogens is 1. The molecule has 1 atom stereocenters. The van der Waals surface area contributed by atoms with E-state index < -0.39 is 23.6 Å². The predicted molar refractivity (Wildman–Crippen MR) is 263 cm³/mol. The first-order valence-electron chi connectivity index (χ1n) is 24.3. The second-order valence-corrected chi connectivity index (χ2v) is 17.4. The number of nitrogens with two attached hydrogens (primary N) is 1. The molecule has 9 N–H and O–H groups in total. The zero-order chi connectivity index (χ0) is 47.6. The first-order valence-corrected chi connectivity index (χ1v) is 24.3. The summed E-state index contributed by atoms with van der Waals surface area (Å²) in [7, 11) is 0. The minimum atomic E-state index is -0.794. The van der Waals surface area contributed by atoms with Crippen molar-refractivity contribution < 1.29 is 23.9 Å². The number of rotatable bonds is 14. The first kappa shape index (κ1) is 51.6. The van der Waals surface area contributed by atoms with Crippen molar-refractivity contribution in [2.75, 3.05) is 116 Å². The lowest BCUT2D eigenvalue weighted by Gasteiger charge is -2.29. The van der Waals surface area contributed by atoms with Crippen molar-refractivity contribution in [3.05, 3.63) is 87.5 Å². The molecule has 4 heterocycles. The van der Waals surface area contributed by atoms with E-state index in [1.54, 1.807) is 29.2 Å². The van der Waals surface area contributed by atoms with Crippen LogP contribution in [0, 0.1) is 0 Å². The molecule has 1 unspecified atom stereocenters. The molecule has 6 rings (SSSR count). The van der Waals surface area contributed by atoms with Gasteiger partial charge in [-0.05, 0) is 113 Å². The summed E-state index contributed by atoms with van der Waals surface area (Å²) in [5, 5.41) is 20.2. The van der Waals surface area contributed by atoms with Crippen LogP contribution in [0.4, 0.5) is 16.4 Å². The minimum Gasteiger partial charge on any atom is -0.466 e. The third-order valence-corrected chi connectivity index (χ3v) is 12.0. The number of aromatic nitrogens is 4. The Bertz CT molecular complexity index is 2170. The molecular formula is C48H72N14O6. The van der Waals surface area contributed by atoms with E-state index in [0.29, 0.717) is 43.1 Å². The molecule has 0 radical (unpaired) electrons. The molecule has 20 nitrogen and oxygen atoms in total. The molecule has 20 heteroatoms. The van der Waals surface area contributed by atoms with E-state index in [0.717, 1.165) is 104 Å². The van der Waals surface area contributed by atoms with Crippen molar-refractivity contribution in [3.8, 4) is 0 Å². The van der Waals surface area contributed by atoms with E-state index in [4.69, 9.17) is 15.2 Å². The molecule has 2 aromatic carbocycles. The fourth-order valence-corrected chi connectivity index (χ4v) is 8.18. The summed E-state index contributed by atoms with van der Waals surface area (Å²) in [6, 6.07) is 14.9. The van der Waals surface area contributed by atoms with Crippen molar-refractivity contribution in [2.45, 2.75) is 70.6 Å². The largest absolute Gasteiger partial charge is 0.466 e. The summed E-state index contributed by atoms with van der Waals surface area (Å²) in [5.74, 6) is -0.472. The lowest BCUT2D eigenvalue weighted by Crippen LogP contribution is -2.45. The van der Waals surface area contributed by atoms with Gasteiger partial charge in [0.1, 0.15) is 13.2 Å². The third-order valence-electron chi connectivity index (χ3n) is 12.0. The van der Waals surface area contributed by atoms with Crippen LogP contribution in [0.3, 0.4) is 0 Å². The van der Waals surface area contributed by atoms with Crippen molar-refractivity contribution in [2.24, 2.45) is 0 Å². The van der Waals surface area contributed by atoms with Gasteiger partial charge in [-0.1, -0.05) is 37.1 Å². The lowest BCUT2D eigenvalue weighted by atomic mass is 10.1. The van der Waals surface area contributed by atoms with Gasteiger partial charge in [0.15, 0.2) is 11.2 Å². The number of nitrogen functional groups attached to an aromatic ring is 1. The van der Waals surface area contributed by atoms with Gasteiger partial charge in [0.25, 0.3) is 17.9 Å². The van der Waals surface area contributed by atoms with Gasteiger partial charge in [-0.25, -0.2) is 14.8 Å². The monoisotopic (exact) mass is 941 g/mol. The molecule has 0 saturated carbocycles. The topological polar surface area (TPSA) is 249 Å². The van der Waals surface area contributed by atoms with Crippen molar-refractivity contribution in [3.63, 3.8) is 0 Å². The Hall–Kier alpha value is -5.77. The van der Waals surface area contributed by atoms with Gasteiger partial charge in [0.2, 0.25) is 5.95 Å². The zero-order valence-corrected chi connectivity index (χ0v) is 39.4. The fraction of sp³-hybridized carbons (Fsp3) is 0.562. The van der Waals surface area contributed by atoms with Crippen LogP contribution in [-0.2, 0) is 33.9 Å². The molecule has 0 aliphatic carbocycles. The highest BCUT2D eigenvalue weighted by molar-refractivity contribution is 5.94. The molecule has 0 bridgehead atoms. The highest BCUT2D eigenvalue weighted by Crippen LogP contribution is 2.15. The molecule has 2 aliphatic heterocycles. The van der Waals surface area contributed by atoms with Crippen LogP contribution in [0.5, 0.6) is 0 Å². The van der Waals surface area contributed by atoms with Crippen LogP contribution in [0.2, 0.25) is 0 Å². The molecule has 2 aliphatic rings. The standard InChI is InChI=1S/C48H72N14O6/c49-47-58-44-43(46(65)59-47)56-41(31-55-44)30-54-40-14-12-39(13-15-40)45(64)57-42(34-67-36-63)35-68-48(66)62-26-7-20-52-22-21-51-19-6-25-61(28-29-62)33-38-10-8-37(9-11-38)32-60-24-4-2-1-3-16-50-17-5-18-53-23-27-60/h8-15,31,36,42,50-54H,1-7,16-30,32-35H2,(H,57,64)(H3,49,55,58,59,65). The molecule has 4 aromatic rings. The molecule has 2 fully saturated rings. The van der Waals surface area contributed by atoms with Gasteiger partial charge >= 0.3 is 6.09 Å². The molecule has 68 heavy (non-hydrogen) atoms. The van der Waals surface area contributed by atoms with Crippen molar-refractivity contribution >= 4 is 41.3 Å². The Morgan fingerprint density at radius 1 is 0.706 bits per heavy atom. The van der Waals surface area contributed by atoms with E-state index in [2.05, 4.69) is 85.9 Å². The Labute approximate surface area is 399 Å². The summed E-state index contributed by atoms with van der Waals surface area (Å²) >= 11 is 0. The SMILES string of the molecule is Nc1nc2ncc(CNc3ccc(C(=O)NC(COC=O)COC(=O)N4CCCNCCNCCCN(Cc5ccc(CN6CCCCCCNCCCNCC6)cc5)CC4)cc3)nc2c(=O)[nH]1. The number of benzene rings is 2. The van der Waals surface area contributed by atoms with Gasteiger partial charge in [0, 0.05) is 70.2 Å². The number of hydrogen-bond acceptors (Lipinski definition) is 17. The molecule has 2 saturated heterocycles. The van der Waals surface area contributed by atoms with Crippen LogP contribution in [0.15, 0.2) is 59.5 Å². The summed E-state index contributed by atoms with van der Waals surface area (Å²) in [6.45, 7) is 14.1.